The number of aromatic nitrogens is 2. The summed E-state index contributed by atoms with van der Waals surface area (Å²) in [4.78, 5) is 27.0. The number of ether oxygens (including phenoxy) is 3. The van der Waals surface area contributed by atoms with Gasteiger partial charge in [-0.25, -0.2) is 4.79 Å². The van der Waals surface area contributed by atoms with Crippen molar-refractivity contribution in [2.75, 3.05) is 6.61 Å². The summed E-state index contributed by atoms with van der Waals surface area (Å²) in [5.41, 5.74) is -1.46. The van der Waals surface area contributed by atoms with Crippen LogP contribution in [0.1, 0.15) is 25.0 Å². The van der Waals surface area contributed by atoms with Crippen LogP contribution in [0.15, 0.2) is 46.1 Å². The third-order valence-electron chi connectivity index (χ3n) is 5.06. The third kappa shape index (κ3) is 2.68. The lowest BCUT2D eigenvalue weighted by molar-refractivity contribution is -0.223. The lowest BCUT2D eigenvalue weighted by atomic mass is 9.94. The fourth-order valence-electron chi connectivity index (χ4n) is 3.93. The predicted octanol–water partition coefficient (Wildman–Crippen LogP) is 0.457. The first-order valence-electron chi connectivity index (χ1n) is 8.81. The molecule has 0 aliphatic carbocycles. The monoisotopic (exact) mass is 374 g/mol. The molecule has 0 spiro atoms. The maximum Gasteiger partial charge on any atom is 0.331 e. The average molecular weight is 374 g/mol. The van der Waals surface area contributed by atoms with Crippen LogP contribution in [0, 0.1) is 6.92 Å². The van der Waals surface area contributed by atoms with Gasteiger partial charge in [-0.15, -0.1) is 0 Å². The number of aromatic amines is 1. The Balaban J connectivity index is 2.01. The molecule has 2 saturated heterocycles. The van der Waals surface area contributed by atoms with Gasteiger partial charge < -0.3 is 19.3 Å². The number of nitrogens with zero attached hydrogens (tertiary/aromatic N) is 1. The Morgan fingerprint density at radius 1 is 1.15 bits per heavy atom. The van der Waals surface area contributed by atoms with E-state index in [1.165, 1.54) is 10.8 Å². The van der Waals surface area contributed by atoms with Gasteiger partial charge >= 0.3 is 5.69 Å². The van der Waals surface area contributed by atoms with Crippen LogP contribution in [0.25, 0.3) is 0 Å². The van der Waals surface area contributed by atoms with Crippen molar-refractivity contribution in [3.8, 4) is 0 Å². The number of hydrogen-bond donors (Lipinski definition) is 2. The van der Waals surface area contributed by atoms with E-state index in [0.29, 0.717) is 11.1 Å². The van der Waals surface area contributed by atoms with Crippen molar-refractivity contribution in [3.63, 3.8) is 0 Å². The van der Waals surface area contributed by atoms with Gasteiger partial charge in [0.1, 0.15) is 18.3 Å². The van der Waals surface area contributed by atoms with E-state index in [4.69, 9.17) is 14.2 Å². The van der Waals surface area contributed by atoms with Crippen LogP contribution >= 0.6 is 0 Å². The number of aryl methyl sites for hydroxylation is 1. The highest BCUT2D eigenvalue weighted by molar-refractivity contribution is 5.29. The molecule has 0 amide bonds. The second-order valence-corrected chi connectivity index (χ2v) is 7.36. The van der Waals surface area contributed by atoms with E-state index in [2.05, 4.69) is 4.98 Å². The average Bonchev–Trinajstić information content (AvgIpc) is 3.10. The zero-order chi connectivity index (χ0) is 19.4. The van der Waals surface area contributed by atoms with Crippen LogP contribution in [0.5, 0.6) is 0 Å². The van der Waals surface area contributed by atoms with E-state index in [-0.39, 0.29) is 6.61 Å². The number of benzene rings is 1. The minimum absolute atomic E-state index is 0.299. The van der Waals surface area contributed by atoms with E-state index >= 15 is 0 Å². The molecule has 2 aliphatic heterocycles. The standard InChI is InChI=1S/C19H22N2O6/c1-11-9-21(17(24)20-16(11)23)19(12-7-5-4-6-8-12)15-14(13(10-22)25-19)26-18(2,3)27-15/h4-9,13-15,22H,10H2,1-3H3,(H,20,23,24)/t13-,14-,15-,19?/m1/s1. The fourth-order valence-corrected chi connectivity index (χ4v) is 3.93. The largest absolute Gasteiger partial charge is 0.394 e. The first-order valence-corrected chi connectivity index (χ1v) is 8.81. The zero-order valence-electron chi connectivity index (χ0n) is 15.3. The van der Waals surface area contributed by atoms with Crippen LogP contribution in [-0.2, 0) is 19.9 Å². The lowest BCUT2D eigenvalue weighted by Gasteiger charge is -2.36. The second kappa shape index (κ2) is 6.13. The van der Waals surface area contributed by atoms with Gasteiger partial charge in [-0.1, -0.05) is 30.3 Å². The van der Waals surface area contributed by atoms with Crippen molar-refractivity contribution in [2.45, 2.75) is 50.6 Å². The third-order valence-corrected chi connectivity index (χ3v) is 5.06. The summed E-state index contributed by atoms with van der Waals surface area (Å²) < 4.78 is 19.7. The quantitative estimate of drug-likeness (QED) is 0.809. The summed E-state index contributed by atoms with van der Waals surface area (Å²) in [5.74, 6) is -0.909. The Kier molecular flexibility index (Phi) is 4.12. The number of fused-ring (bicyclic) bond motifs is 1. The molecule has 1 aromatic carbocycles. The van der Waals surface area contributed by atoms with Gasteiger partial charge in [0, 0.05) is 17.3 Å². The number of hydrogen-bond acceptors (Lipinski definition) is 6. The molecular weight excluding hydrogens is 352 g/mol. The summed E-state index contributed by atoms with van der Waals surface area (Å²) in [7, 11) is 0. The molecule has 144 valence electrons. The van der Waals surface area contributed by atoms with Crippen LogP contribution in [0.2, 0.25) is 0 Å². The van der Waals surface area contributed by atoms with Crippen molar-refractivity contribution in [3.05, 3.63) is 68.5 Å². The van der Waals surface area contributed by atoms with Crippen molar-refractivity contribution >= 4 is 0 Å². The molecule has 1 unspecified atom stereocenters. The Morgan fingerprint density at radius 2 is 1.85 bits per heavy atom. The summed E-state index contributed by atoms with van der Waals surface area (Å²) >= 11 is 0. The highest BCUT2D eigenvalue weighted by Crippen LogP contribution is 2.49. The number of aliphatic hydroxyl groups is 1. The predicted molar refractivity (Wildman–Crippen MR) is 95.4 cm³/mol. The molecule has 8 heteroatoms. The van der Waals surface area contributed by atoms with Gasteiger partial charge in [0.15, 0.2) is 5.79 Å². The molecule has 2 fully saturated rings. The topological polar surface area (TPSA) is 103 Å². The lowest BCUT2D eigenvalue weighted by Crippen LogP contribution is -2.52. The second-order valence-electron chi connectivity index (χ2n) is 7.36. The molecule has 1 aromatic heterocycles. The zero-order valence-corrected chi connectivity index (χ0v) is 15.3. The molecule has 0 saturated carbocycles. The van der Waals surface area contributed by atoms with Crippen LogP contribution in [0.3, 0.4) is 0 Å². The van der Waals surface area contributed by atoms with Gasteiger partial charge in [0.05, 0.1) is 6.61 Å². The molecule has 2 aromatic rings. The molecule has 27 heavy (non-hydrogen) atoms. The smallest absolute Gasteiger partial charge is 0.331 e. The molecule has 2 N–H and O–H groups in total. The SMILES string of the molecule is Cc1cn(C2(c3ccccc3)O[C@H](CO)[C@H]3OC(C)(C)O[C@H]32)c(=O)[nH]c1=O. The molecule has 3 heterocycles. The molecule has 2 aliphatic rings. The molecular formula is C19H22N2O6. The van der Waals surface area contributed by atoms with E-state index in [0.717, 1.165) is 0 Å². The Labute approximate surface area is 155 Å². The maximum atomic E-state index is 12.8. The van der Waals surface area contributed by atoms with Gasteiger partial charge in [-0.05, 0) is 20.8 Å². The molecule has 0 radical (unpaired) electrons. The first-order chi connectivity index (χ1) is 12.8. The molecule has 4 rings (SSSR count). The van der Waals surface area contributed by atoms with Gasteiger partial charge in [0.2, 0.25) is 5.72 Å². The first kappa shape index (κ1) is 18.1. The summed E-state index contributed by atoms with van der Waals surface area (Å²) in [6, 6.07) is 9.14. The number of aliphatic hydroxyl groups excluding tert-OH is 1. The highest BCUT2D eigenvalue weighted by atomic mass is 16.8. The van der Waals surface area contributed by atoms with E-state index in [9.17, 15) is 14.7 Å². The van der Waals surface area contributed by atoms with Crippen molar-refractivity contribution in [1.29, 1.82) is 0 Å². The van der Waals surface area contributed by atoms with E-state index in [1.807, 2.05) is 30.3 Å². The minimum Gasteiger partial charge on any atom is -0.394 e. The number of rotatable bonds is 3. The molecule has 0 bridgehead atoms. The fraction of sp³-hybridized carbons (Fsp3) is 0.474. The minimum atomic E-state index is -1.39. The van der Waals surface area contributed by atoms with E-state index < -0.39 is 41.1 Å². The molecule has 4 atom stereocenters. The number of nitrogens with one attached hydrogen (secondary N) is 1. The van der Waals surface area contributed by atoms with Gasteiger partial charge in [0.25, 0.3) is 5.56 Å². The summed E-state index contributed by atoms with van der Waals surface area (Å²) in [6.45, 7) is 4.86. The van der Waals surface area contributed by atoms with Crippen molar-refractivity contribution in [2.24, 2.45) is 0 Å². The van der Waals surface area contributed by atoms with Gasteiger partial charge in [-0.2, -0.15) is 0 Å². The maximum absolute atomic E-state index is 12.8. The number of H-pyrrole nitrogens is 1. The Morgan fingerprint density at radius 3 is 2.52 bits per heavy atom. The Bertz CT molecular complexity index is 966. The molecule has 8 nitrogen and oxygen atoms in total. The summed E-state index contributed by atoms with van der Waals surface area (Å²) in [5, 5.41) is 9.87. The van der Waals surface area contributed by atoms with Crippen LogP contribution in [0.4, 0.5) is 0 Å². The van der Waals surface area contributed by atoms with Crippen molar-refractivity contribution in [1.82, 2.24) is 9.55 Å². The van der Waals surface area contributed by atoms with Crippen molar-refractivity contribution < 1.29 is 19.3 Å². The van der Waals surface area contributed by atoms with Crippen LogP contribution < -0.4 is 11.2 Å². The summed E-state index contributed by atoms with van der Waals surface area (Å²) in [6.07, 6.45) is -0.518. The normalized spacial score (nSPS) is 31.8. The highest BCUT2D eigenvalue weighted by Gasteiger charge is 2.64. The van der Waals surface area contributed by atoms with Crippen LogP contribution in [-0.4, -0.2) is 45.4 Å². The Hall–Kier alpha value is -2.26. The van der Waals surface area contributed by atoms with E-state index in [1.54, 1.807) is 20.8 Å². The van der Waals surface area contributed by atoms with Gasteiger partial charge in [-0.3, -0.25) is 14.3 Å².